The van der Waals surface area contributed by atoms with Crippen LogP contribution in [-0.4, -0.2) is 19.3 Å². The van der Waals surface area contributed by atoms with Gasteiger partial charge >= 0.3 is 0 Å². The Labute approximate surface area is 133 Å². The Hall–Kier alpha value is -2.52. The summed E-state index contributed by atoms with van der Waals surface area (Å²) >= 11 is 1.60. The number of thioether (sulfide) groups is 1. The number of aryl methyl sites for hydroxylation is 2. The molecule has 6 heteroatoms. The monoisotopic (exact) mass is 309 g/mol. The predicted molar refractivity (Wildman–Crippen MR) is 85.8 cm³/mol. The Morgan fingerprint density at radius 3 is 2.68 bits per heavy atom. The lowest BCUT2D eigenvalue weighted by Gasteiger charge is -2.07. The Morgan fingerprint density at radius 2 is 2.05 bits per heavy atom. The first-order chi connectivity index (χ1) is 10.7. The standard InChI is InChI=1S/C16H15N5S/c1-12-14(10-17)15(11-22-16-18-8-9-20(16)2)21(19-12)13-6-4-3-5-7-13/h3-9H,11H2,1-2H3. The third-order valence-corrected chi connectivity index (χ3v) is 4.45. The van der Waals surface area contributed by atoms with Gasteiger partial charge in [-0.25, -0.2) is 9.67 Å². The Balaban J connectivity index is 1.98. The van der Waals surface area contributed by atoms with E-state index < -0.39 is 0 Å². The van der Waals surface area contributed by atoms with Crippen LogP contribution in [0.5, 0.6) is 0 Å². The second-order valence-electron chi connectivity index (χ2n) is 4.88. The molecule has 0 atom stereocenters. The third kappa shape index (κ3) is 2.63. The number of para-hydroxylation sites is 1. The smallest absolute Gasteiger partial charge is 0.168 e. The van der Waals surface area contributed by atoms with Crippen LogP contribution < -0.4 is 0 Å². The molecular weight excluding hydrogens is 294 g/mol. The zero-order valence-corrected chi connectivity index (χ0v) is 13.2. The van der Waals surface area contributed by atoms with Crippen molar-refractivity contribution < 1.29 is 0 Å². The van der Waals surface area contributed by atoms with E-state index in [2.05, 4.69) is 16.2 Å². The van der Waals surface area contributed by atoms with Crippen LogP contribution in [0.25, 0.3) is 5.69 Å². The fourth-order valence-corrected chi connectivity index (χ4v) is 3.19. The van der Waals surface area contributed by atoms with Crippen LogP contribution in [0.1, 0.15) is 17.0 Å². The molecule has 0 spiro atoms. The summed E-state index contributed by atoms with van der Waals surface area (Å²) in [6.45, 7) is 1.87. The van der Waals surface area contributed by atoms with Gasteiger partial charge in [0.1, 0.15) is 6.07 Å². The Bertz CT molecular complexity index is 826. The van der Waals surface area contributed by atoms with E-state index in [9.17, 15) is 5.26 Å². The molecule has 0 bridgehead atoms. The van der Waals surface area contributed by atoms with Crippen LogP contribution in [0.3, 0.4) is 0 Å². The molecule has 0 fully saturated rings. The highest BCUT2D eigenvalue weighted by Crippen LogP contribution is 2.26. The second-order valence-corrected chi connectivity index (χ2v) is 5.82. The maximum absolute atomic E-state index is 9.44. The minimum Gasteiger partial charge on any atom is -0.329 e. The molecule has 0 saturated carbocycles. The van der Waals surface area contributed by atoms with Gasteiger partial charge in [0.25, 0.3) is 0 Å². The molecule has 0 amide bonds. The fourth-order valence-electron chi connectivity index (χ4n) is 2.26. The zero-order chi connectivity index (χ0) is 15.5. The fraction of sp³-hybridized carbons (Fsp3) is 0.188. The number of hydrogen-bond acceptors (Lipinski definition) is 4. The van der Waals surface area contributed by atoms with Crippen LogP contribution in [0.15, 0.2) is 47.9 Å². The molecule has 2 aromatic heterocycles. The van der Waals surface area contributed by atoms with E-state index in [1.54, 1.807) is 18.0 Å². The average molecular weight is 309 g/mol. The number of rotatable bonds is 4. The minimum atomic E-state index is 0.642. The molecule has 2 heterocycles. The topological polar surface area (TPSA) is 59.4 Å². The van der Waals surface area contributed by atoms with Crippen LogP contribution >= 0.6 is 11.8 Å². The lowest BCUT2D eigenvalue weighted by molar-refractivity contribution is 0.786. The summed E-state index contributed by atoms with van der Waals surface area (Å²) in [5.74, 6) is 0.642. The molecule has 0 N–H and O–H groups in total. The zero-order valence-electron chi connectivity index (χ0n) is 12.4. The van der Waals surface area contributed by atoms with E-state index in [-0.39, 0.29) is 0 Å². The average Bonchev–Trinajstić information content (AvgIpc) is 3.09. The number of hydrogen-bond donors (Lipinski definition) is 0. The summed E-state index contributed by atoms with van der Waals surface area (Å²) in [6, 6.07) is 12.2. The normalized spacial score (nSPS) is 10.6. The lowest BCUT2D eigenvalue weighted by atomic mass is 10.2. The van der Waals surface area contributed by atoms with Crippen molar-refractivity contribution in [3.8, 4) is 11.8 Å². The molecule has 5 nitrogen and oxygen atoms in total. The van der Waals surface area contributed by atoms with Crippen molar-refractivity contribution in [1.29, 1.82) is 5.26 Å². The van der Waals surface area contributed by atoms with Gasteiger partial charge in [0.2, 0.25) is 0 Å². The first-order valence-corrected chi connectivity index (χ1v) is 7.83. The van der Waals surface area contributed by atoms with Gasteiger partial charge in [-0.1, -0.05) is 30.0 Å². The molecule has 3 aromatic rings. The summed E-state index contributed by atoms with van der Waals surface area (Å²) in [4.78, 5) is 4.31. The molecule has 0 unspecified atom stereocenters. The minimum absolute atomic E-state index is 0.642. The van der Waals surface area contributed by atoms with E-state index in [1.807, 2.05) is 59.7 Å². The van der Waals surface area contributed by atoms with Gasteiger partial charge in [0.15, 0.2) is 5.16 Å². The number of imidazole rings is 1. The predicted octanol–water partition coefficient (Wildman–Crippen LogP) is 3.08. The van der Waals surface area contributed by atoms with Gasteiger partial charge in [-0.2, -0.15) is 10.4 Å². The summed E-state index contributed by atoms with van der Waals surface area (Å²) in [7, 11) is 1.96. The summed E-state index contributed by atoms with van der Waals surface area (Å²) in [5, 5.41) is 14.9. The maximum Gasteiger partial charge on any atom is 0.168 e. The van der Waals surface area contributed by atoms with Gasteiger partial charge in [-0.05, 0) is 19.1 Å². The number of nitrogens with zero attached hydrogens (tertiary/aromatic N) is 5. The number of aromatic nitrogens is 4. The molecular formula is C16H15N5S. The first kappa shape index (κ1) is 14.4. The van der Waals surface area contributed by atoms with Crippen molar-refractivity contribution in [2.24, 2.45) is 7.05 Å². The lowest BCUT2D eigenvalue weighted by Crippen LogP contribution is -2.02. The van der Waals surface area contributed by atoms with E-state index >= 15 is 0 Å². The molecule has 0 radical (unpaired) electrons. The molecule has 0 aliphatic rings. The summed E-state index contributed by atoms with van der Waals surface area (Å²) in [6.07, 6.45) is 3.68. The summed E-state index contributed by atoms with van der Waals surface area (Å²) < 4.78 is 3.82. The Kier molecular flexibility index (Phi) is 3.98. The summed E-state index contributed by atoms with van der Waals surface area (Å²) in [5.41, 5.74) is 3.26. The SMILES string of the molecule is Cc1nn(-c2ccccc2)c(CSc2nccn2C)c1C#N. The van der Waals surface area contributed by atoms with E-state index in [1.165, 1.54) is 0 Å². The van der Waals surface area contributed by atoms with Crippen LogP contribution in [-0.2, 0) is 12.8 Å². The van der Waals surface area contributed by atoms with Gasteiger partial charge in [0.05, 0.1) is 22.6 Å². The molecule has 0 aliphatic carbocycles. The molecule has 22 heavy (non-hydrogen) atoms. The van der Waals surface area contributed by atoms with Crippen molar-refractivity contribution in [3.63, 3.8) is 0 Å². The highest BCUT2D eigenvalue weighted by Gasteiger charge is 2.17. The molecule has 0 aliphatic heterocycles. The second kappa shape index (κ2) is 6.08. The molecule has 3 rings (SSSR count). The van der Waals surface area contributed by atoms with Crippen molar-refractivity contribution >= 4 is 11.8 Å². The van der Waals surface area contributed by atoms with E-state index in [0.29, 0.717) is 11.3 Å². The van der Waals surface area contributed by atoms with Gasteiger partial charge in [-0.3, -0.25) is 0 Å². The number of benzene rings is 1. The van der Waals surface area contributed by atoms with Gasteiger partial charge in [0, 0.05) is 25.2 Å². The van der Waals surface area contributed by atoms with E-state index in [0.717, 1.165) is 22.2 Å². The van der Waals surface area contributed by atoms with Gasteiger partial charge < -0.3 is 4.57 Å². The molecule has 110 valence electrons. The number of nitriles is 1. The van der Waals surface area contributed by atoms with Crippen LogP contribution in [0.2, 0.25) is 0 Å². The highest BCUT2D eigenvalue weighted by molar-refractivity contribution is 7.98. The first-order valence-electron chi connectivity index (χ1n) is 6.85. The maximum atomic E-state index is 9.44. The van der Waals surface area contributed by atoms with Crippen molar-refractivity contribution in [2.45, 2.75) is 17.8 Å². The Morgan fingerprint density at radius 1 is 1.27 bits per heavy atom. The van der Waals surface area contributed by atoms with Crippen LogP contribution in [0, 0.1) is 18.3 Å². The quantitative estimate of drug-likeness (QED) is 0.695. The third-order valence-electron chi connectivity index (χ3n) is 3.38. The van der Waals surface area contributed by atoms with Crippen molar-refractivity contribution in [1.82, 2.24) is 19.3 Å². The molecule has 1 aromatic carbocycles. The molecule has 0 saturated heterocycles. The van der Waals surface area contributed by atoms with Crippen molar-refractivity contribution in [2.75, 3.05) is 0 Å². The largest absolute Gasteiger partial charge is 0.329 e. The van der Waals surface area contributed by atoms with E-state index in [4.69, 9.17) is 0 Å². The van der Waals surface area contributed by atoms with Crippen LogP contribution in [0.4, 0.5) is 0 Å². The highest BCUT2D eigenvalue weighted by atomic mass is 32.2. The van der Waals surface area contributed by atoms with Gasteiger partial charge in [-0.15, -0.1) is 0 Å². The van der Waals surface area contributed by atoms with Crippen molar-refractivity contribution in [3.05, 3.63) is 59.7 Å².